The van der Waals surface area contributed by atoms with Crippen molar-refractivity contribution in [3.63, 3.8) is 0 Å². The second kappa shape index (κ2) is 5.21. The Morgan fingerprint density at radius 1 is 1.17 bits per heavy atom. The van der Waals surface area contributed by atoms with Gasteiger partial charge in [-0.2, -0.15) is 0 Å². The van der Waals surface area contributed by atoms with Crippen LogP contribution in [0.5, 0.6) is 0 Å². The molecule has 0 aromatic carbocycles. The summed E-state index contributed by atoms with van der Waals surface area (Å²) in [5, 5.41) is 0.897. The number of nitrogens with one attached hydrogen (secondary N) is 1. The molecule has 0 aliphatic heterocycles. The molecular formula is C11H12N6O. The number of amides is 2. The molecule has 2 heterocycles. The highest BCUT2D eigenvalue weighted by Gasteiger charge is 2.11. The van der Waals surface area contributed by atoms with Crippen molar-refractivity contribution < 1.29 is 4.79 Å². The van der Waals surface area contributed by atoms with Gasteiger partial charge in [0.2, 0.25) is 0 Å². The first-order valence-corrected chi connectivity index (χ1v) is 5.15. The van der Waals surface area contributed by atoms with Gasteiger partial charge >= 0.3 is 6.03 Å². The minimum Gasteiger partial charge on any atom is -0.274 e. The van der Waals surface area contributed by atoms with E-state index in [0.29, 0.717) is 17.1 Å². The predicted octanol–water partition coefficient (Wildman–Crippen LogP) is 0.407. The van der Waals surface area contributed by atoms with Gasteiger partial charge in [0.15, 0.2) is 0 Å². The van der Waals surface area contributed by atoms with E-state index in [2.05, 4.69) is 9.97 Å². The zero-order valence-corrected chi connectivity index (χ0v) is 9.45. The van der Waals surface area contributed by atoms with Crippen LogP contribution in [0.3, 0.4) is 0 Å². The first-order chi connectivity index (χ1) is 8.72. The van der Waals surface area contributed by atoms with Crippen molar-refractivity contribution in [3.05, 3.63) is 42.7 Å². The summed E-state index contributed by atoms with van der Waals surface area (Å²) in [5.41, 5.74) is 3.73. The molecule has 5 N–H and O–H groups in total. The molecule has 0 bridgehead atoms. The minimum absolute atomic E-state index is 0.466. The number of pyridine rings is 2. The average Bonchev–Trinajstić information content (AvgIpc) is 2.46. The molecular weight excluding hydrogens is 232 g/mol. The Kier molecular flexibility index (Phi) is 3.46. The third-order valence-corrected chi connectivity index (χ3v) is 2.29. The van der Waals surface area contributed by atoms with Gasteiger partial charge in [-0.1, -0.05) is 6.07 Å². The molecule has 0 aliphatic carbocycles. The van der Waals surface area contributed by atoms with Crippen molar-refractivity contribution in [1.82, 2.24) is 15.4 Å². The summed E-state index contributed by atoms with van der Waals surface area (Å²) in [4.78, 5) is 19.6. The van der Waals surface area contributed by atoms with Crippen molar-refractivity contribution in [2.45, 2.75) is 0 Å². The molecule has 0 radical (unpaired) electrons. The number of urea groups is 1. The zero-order valence-electron chi connectivity index (χ0n) is 9.45. The van der Waals surface area contributed by atoms with Gasteiger partial charge in [0.1, 0.15) is 0 Å². The average molecular weight is 244 g/mol. The quantitative estimate of drug-likeness (QED) is 0.402. The number of hydrogen-bond acceptors (Lipinski definition) is 5. The van der Waals surface area contributed by atoms with Gasteiger partial charge in [0.25, 0.3) is 0 Å². The van der Waals surface area contributed by atoms with E-state index in [-0.39, 0.29) is 0 Å². The second-order valence-electron chi connectivity index (χ2n) is 3.43. The highest BCUT2D eigenvalue weighted by atomic mass is 16.2. The Morgan fingerprint density at radius 2 is 1.94 bits per heavy atom. The summed E-state index contributed by atoms with van der Waals surface area (Å²) in [5.74, 6) is 10.6. The van der Waals surface area contributed by atoms with Gasteiger partial charge in [-0.05, 0) is 24.3 Å². The van der Waals surface area contributed by atoms with E-state index in [9.17, 15) is 4.79 Å². The van der Waals surface area contributed by atoms with Crippen LogP contribution in [0.4, 0.5) is 10.5 Å². The van der Waals surface area contributed by atoms with E-state index in [1.54, 1.807) is 24.5 Å². The van der Waals surface area contributed by atoms with Crippen molar-refractivity contribution >= 4 is 11.7 Å². The summed E-state index contributed by atoms with van der Waals surface area (Å²) in [7, 11) is 0. The van der Waals surface area contributed by atoms with Gasteiger partial charge in [-0.3, -0.25) is 15.4 Å². The lowest BCUT2D eigenvalue weighted by atomic mass is 10.2. The molecule has 2 amide bonds. The van der Waals surface area contributed by atoms with Crippen LogP contribution in [0.1, 0.15) is 0 Å². The van der Waals surface area contributed by atoms with E-state index in [0.717, 1.165) is 5.01 Å². The fraction of sp³-hybridized carbons (Fsp3) is 0. The number of carbonyl (C=O) groups excluding carboxylic acids is 1. The number of carbonyl (C=O) groups is 1. The lowest BCUT2D eigenvalue weighted by Gasteiger charge is -2.15. The molecule has 18 heavy (non-hydrogen) atoms. The number of hydrazine groups is 2. The van der Waals surface area contributed by atoms with Crippen molar-refractivity contribution in [1.29, 1.82) is 0 Å². The molecule has 2 aromatic rings. The van der Waals surface area contributed by atoms with Crippen LogP contribution in [-0.4, -0.2) is 16.0 Å². The largest absolute Gasteiger partial charge is 0.350 e. The summed E-state index contributed by atoms with van der Waals surface area (Å²) < 4.78 is 0. The first-order valence-electron chi connectivity index (χ1n) is 5.15. The van der Waals surface area contributed by atoms with E-state index < -0.39 is 6.03 Å². The fourth-order valence-electron chi connectivity index (χ4n) is 1.41. The smallest absolute Gasteiger partial charge is 0.274 e. The SMILES string of the molecule is NNC(=O)N(N)c1ccnc(-c2ccccn2)c1. The molecule has 7 nitrogen and oxygen atoms in total. The van der Waals surface area contributed by atoms with E-state index >= 15 is 0 Å². The molecule has 0 saturated carbocycles. The topological polar surface area (TPSA) is 110 Å². The van der Waals surface area contributed by atoms with Crippen LogP contribution >= 0.6 is 0 Å². The number of hydrogen-bond donors (Lipinski definition) is 3. The number of nitrogens with two attached hydrogens (primary N) is 2. The minimum atomic E-state index is -0.617. The molecule has 7 heteroatoms. The number of nitrogens with zero attached hydrogens (tertiary/aromatic N) is 3. The highest BCUT2D eigenvalue weighted by Crippen LogP contribution is 2.19. The summed E-state index contributed by atoms with van der Waals surface area (Å²) >= 11 is 0. The molecule has 92 valence electrons. The fourth-order valence-corrected chi connectivity index (χ4v) is 1.41. The maximum Gasteiger partial charge on any atom is 0.350 e. The second-order valence-corrected chi connectivity index (χ2v) is 3.43. The Balaban J connectivity index is 2.34. The monoisotopic (exact) mass is 244 g/mol. The van der Waals surface area contributed by atoms with Gasteiger partial charge in [-0.15, -0.1) is 0 Å². The van der Waals surface area contributed by atoms with Gasteiger partial charge < -0.3 is 0 Å². The Labute approximate surface area is 103 Å². The number of anilines is 1. The molecule has 0 spiro atoms. The maximum atomic E-state index is 11.3. The van der Waals surface area contributed by atoms with E-state index in [1.165, 1.54) is 0 Å². The third-order valence-electron chi connectivity index (χ3n) is 2.29. The molecule has 0 fully saturated rings. The van der Waals surface area contributed by atoms with E-state index in [1.807, 2.05) is 23.6 Å². The third kappa shape index (κ3) is 2.42. The van der Waals surface area contributed by atoms with Gasteiger partial charge in [0, 0.05) is 12.4 Å². The Hall–Kier alpha value is -2.51. The van der Waals surface area contributed by atoms with Crippen LogP contribution in [0.15, 0.2) is 42.7 Å². The van der Waals surface area contributed by atoms with Crippen LogP contribution in [0.2, 0.25) is 0 Å². The Bertz CT molecular complexity index is 544. The van der Waals surface area contributed by atoms with Gasteiger partial charge in [-0.25, -0.2) is 21.5 Å². The zero-order chi connectivity index (χ0) is 13.0. The Morgan fingerprint density at radius 3 is 2.61 bits per heavy atom. The number of aromatic nitrogens is 2. The summed E-state index contributed by atoms with van der Waals surface area (Å²) in [6.07, 6.45) is 3.21. The molecule has 0 atom stereocenters. The predicted molar refractivity (Wildman–Crippen MR) is 66.9 cm³/mol. The van der Waals surface area contributed by atoms with Crippen molar-refractivity contribution in [2.75, 3.05) is 5.01 Å². The first kappa shape index (κ1) is 12.0. The van der Waals surface area contributed by atoms with Crippen LogP contribution in [0, 0.1) is 0 Å². The van der Waals surface area contributed by atoms with E-state index in [4.69, 9.17) is 11.7 Å². The van der Waals surface area contributed by atoms with Crippen molar-refractivity contribution in [2.24, 2.45) is 11.7 Å². The molecule has 2 rings (SSSR count). The lowest BCUT2D eigenvalue weighted by molar-refractivity contribution is 0.246. The van der Waals surface area contributed by atoms with Crippen LogP contribution < -0.4 is 22.1 Å². The standard InChI is InChI=1S/C11H12N6O/c12-16-11(18)17(13)8-4-6-15-10(7-8)9-3-1-2-5-14-9/h1-7H,12-13H2,(H,16,18). The maximum absolute atomic E-state index is 11.3. The van der Waals surface area contributed by atoms with Crippen molar-refractivity contribution in [3.8, 4) is 11.4 Å². The lowest BCUT2D eigenvalue weighted by Crippen LogP contribution is -2.47. The molecule has 2 aromatic heterocycles. The number of rotatable bonds is 2. The van der Waals surface area contributed by atoms with Gasteiger partial charge in [0.05, 0.1) is 17.1 Å². The molecule has 0 unspecified atom stereocenters. The summed E-state index contributed by atoms with van der Waals surface area (Å²) in [6, 6.07) is 8.11. The summed E-state index contributed by atoms with van der Waals surface area (Å²) in [6.45, 7) is 0. The normalized spacial score (nSPS) is 9.89. The molecule has 0 aliphatic rings. The van der Waals surface area contributed by atoms with Crippen LogP contribution in [0.25, 0.3) is 11.4 Å². The van der Waals surface area contributed by atoms with Crippen LogP contribution in [-0.2, 0) is 0 Å². The highest BCUT2D eigenvalue weighted by molar-refractivity contribution is 5.90. The molecule has 0 saturated heterocycles.